The third-order valence-corrected chi connectivity index (χ3v) is 3.79. The van der Waals surface area contributed by atoms with Crippen molar-refractivity contribution in [3.63, 3.8) is 0 Å². The SMILES string of the molecule is Cc1nc(NCCNC(=O)COCc2ccccc2)cc(-n2cccc2)n1. The first-order valence-electron chi connectivity index (χ1n) is 8.82. The molecule has 140 valence electrons. The molecule has 0 atom stereocenters. The molecule has 7 heteroatoms. The van der Waals surface area contributed by atoms with E-state index >= 15 is 0 Å². The van der Waals surface area contributed by atoms with Gasteiger partial charge in [0.1, 0.15) is 24.1 Å². The van der Waals surface area contributed by atoms with Crippen molar-refractivity contribution in [2.45, 2.75) is 13.5 Å². The predicted octanol–water partition coefficient (Wildman–Crippen LogP) is 2.32. The zero-order valence-electron chi connectivity index (χ0n) is 15.3. The largest absolute Gasteiger partial charge is 0.368 e. The van der Waals surface area contributed by atoms with Crippen LogP contribution in [0.25, 0.3) is 5.82 Å². The lowest BCUT2D eigenvalue weighted by Crippen LogP contribution is -2.31. The van der Waals surface area contributed by atoms with Crippen LogP contribution < -0.4 is 10.6 Å². The summed E-state index contributed by atoms with van der Waals surface area (Å²) < 4.78 is 7.34. The molecule has 0 saturated carbocycles. The number of rotatable bonds is 9. The predicted molar refractivity (Wildman–Crippen MR) is 104 cm³/mol. The number of anilines is 1. The van der Waals surface area contributed by atoms with Crippen molar-refractivity contribution in [2.24, 2.45) is 0 Å². The maximum atomic E-state index is 11.8. The summed E-state index contributed by atoms with van der Waals surface area (Å²) in [5, 5.41) is 6.03. The number of carbonyl (C=O) groups is 1. The minimum atomic E-state index is -0.139. The Bertz CT molecular complexity index is 850. The van der Waals surface area contributed by atoms with Crippen molar-refractivity contribution in [2.75, 3.05) is 25.0 Å². The Morgan fingerprint density at radius 1 is 1.07 bits per heavy atom. The molecule has 0 saturated heterocycles. The Morgan fingerprint density at radius 2 is 1.85 bits per heavy atom. The average molecular weight is 365 g/mol. The van der Waals surface area contributed by atoms with Crippen LogP contribution in [0, 0.1) is 6.92 Å². The quantitative estimate of drug-likeness (QED) is 0.569. The molecule has 1 aromatic carbocycles. The number of nitrogens with one attached hydrogen (secondary N) is 2. The Hall–Kier alpha value is -3.19. The van der Waals surface area contributed by atoms with Crippen LogP contribution in [0.5, 0.6) is 0 Å². The molecule has 0 bridgehead atoms. The van der Waals surface area contributed by atoms with E-state index in [2.05, 4.69) is 20.6 Å². The van der Waals surface area contributed by atoms with Crippen LogP contribution in [0.2, 0.25) is 0 Å². The van der Waals surface area contributed by atoms with Crippen LogP contribution in [0.3, 0.4) is 0 Å². The van der Waals surface area contributed by atoms with Gasteiger partial charge in [0.15, 0.2) is 0 Å². The number of nitrogens with zero attached hydrogens (tertiary/aromatic N) is 3. The summed E-state index contributed by atoms with van der Waals surface area (Å²) in [7, 11) is 0. The van der Waals surface area contributed by atoms with Gasteiger partial charge in [-0.2, -0.15) is 0 Å². The van der Waals surface area contributed by atoms with Crippen molar-refractivity contribution in [3.05, 3.63) is 72.3 Å². The summed E-state index contributed by atoms with van der Waals surface area (Å²) in [5.74, 6) is 2.07. The Morgan fingerprint density at radius 3 is 2.63 bits per heavy atom. The van der Waals surface area contributed by atoms with Crippen LogP contribution in [0.1, 0.15) is 11.4 Å². The second-order valence-corrected chi connectivity index (χ2v) is 6.00. The van der Waals surface area contributed by atoms with Crippen molar-refractivity contribution in [3.8, 4) is 5.82 Å². The highest BCUT2D eigenvalue weighted by Gasteiger charge is 2.04. The van der Waals surface area contributed by atoms with Crippen LogP contribution >= 0.6 is 0 Å². The summed E-state index contributed by atoms with van der Waals surface area (Å²) >= 11 is 0. The van der Waals surface area contributed by atoms with Gasteiger partial charge < -0.3 is 19.9 Å². The Balaban J connectivity index is 1.38. The van der Waals surface area contributed by atoms with E-state index in [4.69, 9.17) is 4.74 Å². The topological polar surface area (TPSA) is 81.1 Å². The van der Waals surface area contributed by atoms with E-state index in [1.165, 1.54) is 0 Å². The number of aromatic nitrogens is 3. The number of carbonyl (C=O) groups excluding carboxylic acids is 1. The van der Waals surface area contributed by atoms with Crippen LogP contribution in [0.4, 0.5) is 5.82 Å². The highest BCUT2D eigenvalue weighted by atomic mass is 16.5. The molecular weight excluding hydrogens is 342 g/mol. The van der Waals surface area contributed by atoms with Crippen molar-refractivity contribution >= 4 is 11.7 Å². The molecule has 27 heavy (non-hydrogen) atoms. The number of hydrogen-bond donors (Lipinski definition) is 2. The molecule has 2 aromatic heterocycles. The van der Waals surface area contributed by atoms with Crippen molar-refractivity contribution in [1.29, 1.82) is 0 Å². The zero-order valence-corrected chi connectivity index (χ0v) is 15.3. The molecule has 3 rings (SSSR count). The monoisotopic (exact) mass is 365 g/mol. The highest BCUT2D eigenvalue weighted by Crippen LogP contribution is 2.11. The second kappa shape index (κ2) is 9.49. The first-order chi connectivity index (χ1) is 13.2. The summed E-state index contributed by atoms with van der Waals surface area (Å²) in [6.07, 6.45) is 3.86. The number of hydrogen-bond acceptors (Lipinski definition) is 5. The van der Waals surface area contributed by atoms with Gasteiger partial charge in [-0.3, -0.25) is 4.79 Å². The average Bonchev–Trinajstić information content (AvgIpc) is 3.21. The van der Waals surface area contributed by atoms with E-state index in [-0.39, 0.29) is 12.5 Å². The van der Waals surface area contributed by atoms with Gasteiger partial charge in [0.05, 0.1) is 6.61 Å². The normalized spacial score (nSPS) is 10.6. The van der Waals surface area contributed by atoms with E-state index in [9.17, 15) is 4.79 Å². The minimum absolute atomic E-state index is 0.0410. The molecule has 0 aliphatic heterocycles. The second-order valence-electron chi connectivity index (χ2n) is 6.00. The minimum Gasteiger partial charge on any atom is -0.368 e. The molecule has 3 aromatic rings. The van der Waals surface area contributed by atoms with Crippen molar-refractivity contribution in [1.82, 2.24) is 19.9 Å². The molecule has 1 amide bonds. The molecule has 7 nitrogen and oxygen atoms in total. The van der Waals surface area contributed by atoms with Gasteiger partial charge in [-0.25, -0.2) is 9.97 Å². The van der Waals surface area contributed by atoms with E-state index in [0.29, 0.717) is 25.5 Å². The molecular formula is C20H23N5O2. The molecule has 0 spiro atoms. The van der Waals surface area contributed by atoms with Crippen LogP contribution in [0.15, 0.2) is 60.9 Å². The fourth-order valence-corrected chi connectivity index (χ4v) is 2.54. The maximum absolute atomic E-state index is 11.8. The van der Waals surface area contributed by atoms with Gasteiger partial charge >= 0.3 is 0 Å². The Kier molecular flexibility index (Phi) is 6.54. The lowest BCUT2D eigenvalue weighted by molar-refractivity contribution is -0.126. The fraction of sp³-hybridized carbons (Fsp3) is 0.250. The van der Waals surface area contributed by atoms with Crippen LogP contribution in [-0.4, -0.2) is 40.1 Å². The van der Waals surface area contributed by atoms with Gasteiger partial charge in [-0.1, -0.05) is 30.3 Å². The maximum Gasteiger partial charge on any atom is 0.246 e. The fourth-order valence-electron chi connectivity index (χ4n) is 2.54. The van der Waals surface area contributed by atoms with E-state index in [0.717, 1.165) is 17.2 Å². The molecule has 0 unspecified atom stereocenters. The Labute approximate surface area is 158 Å². The van der Waals surface area contributed by atoms with Gasteiger partial charge in [0.25, 0.3) is 0 Å². The molecule has 0 aliphatic carbocycles. The van der Waals surface area contributed by atoms with Crippen molar-refractivity contribution < 1.29 is 9.53 Å². The van der Waals surface area contributed by atoms with E-state index in [1.807, 2.05) is 72.4 Å². The van der Waals surface area contributed by atoms with E-state index in [1.54, 1.807) is 0 Å². The smallest absolute Gasteiger partial charge is 0.246 e. The molecule has 0 radical (unpaired) electrons. The lowest BCUT2D eigenvalue weighted by atomic mass is 10.2. The number of aryl methyl sites for hydroxylation is 1. The van der Waals surface area contributed by atoms with Gasteiger partial charge in [0.2, 0.25) is 5.91 Å². The van der Waals surface area contributed by atoms with Crippen LogP contribution in [-0.2, 0) is 16.1 Å². The van der Waals surface area contributed by atoms with E-state index < -0.39 is 0 Å². The number of ether oxygens (including phenoxy) is 1. The highest BCUT2D eigenvalue weighted by molar-refractivity contribution is 5.77. The van der Waals surface area contributed by atoms with Gasteiger partial charge in [0, 0.05) is 31.5 Å². The molecule has 0 fully saturated rings. The number of benzene rings is 1. The molecule has 2 N–H and O–H groups in total. The summed E-state index contributed by atoms with van der Waals surface area (Å²) in [6, 6.07) is 15.5. The lowest BCUT2D eigenvalue weighted by Gasteiger charge is -2.10. The molecule has 0 aliphatic rings. The third-order valence-electron chi connectivity index (χ3n) is 3.79. The first-order valence-corrected chi connectivity index (χ1v) is 8.82. The molecule has 2 heterocycles. The third kappa shape index (κ3) is 5.93. The zero-order chi connectivity index (χ0) is 18.9. The summed E-state index contributed by atoms with van der Waals surface area (Å²) in [4.78, 5) is 20.6. The number of amides is 1. The first kappa shape index (κ1) is 18.6. The summed E-state index contributed by atoms with van der Waals surface area (Å²) in [5.41, 5.74) is 1.05. The summed E-state index contributed by atoms with van der Waals surface area (Å²) in [6.45, 7) is 3.36. The van der Waals surface area contributed by atoms with Gasteiger partial charge in [-0.05, 0) is 24.6 Å². The van der Waals surface area contributed by atoms with Gasteiger partial charge in [-0.15, -0.1) is 0 Å². The standard InChI is InChI=1S/C20H23N5O2/c1-16-23-18(13-19(24-16)25-11-5-6-12-25)21-9-10-22-20(26)15-27-14-17-7-3-2-4-8-17/h2-8,11-13H,9-10,14-15H2,1H3,(H,22,26)(H,21,23,24).